The van der Waals surface area contributed by atoms with Crippen molar-refractivity contribution in [3.8, 4) is 0 Å². The Morgan fingerprint density at radius 1 is 1.64 bits per heavy atom. The van der Waals surface area contributed by atoms with Crippen molar-refractivity contribution in [2.45, 2.75) is 18.9 Å². The average Bonchev–Trinajstić information content (AvgIpc) is 2.14. The van der Waals surface area contributed by atoms with Crippen LogP contribution >= 0.6 is 0 Å². The summed E-state index contributed by atoms with van der Waals surface area (Å²) in [7, 11) is 0. The van der Waals surface area contributed by atoms with Crippen LogP contribution in [0.5, 0.6) is 0 Å². The molecule has 5 N–H and O–H groups in total. The monoisotopic (exact) mass is 196 g/mol. The Bertz CT molecular complexity index is 329. The van der Waals surface area contributed by atoms with Crippen LogP contribution in [0.2, 0.25) is 0 Å². The topological polar surface area (TPSA) is 115 Å². The molecule has 0 saturated carbocycles. The molecule has 0 aliphatic carbocycles. The van der Waals surface area contributed by atoms with E-state index in [0.29, 0.717) is 24.5 Å². The largest absolute Gasteiger partial charge is 0.480 e. The molecular formula is C8H12N4O2. The molecule has 6 nitrogen and oxygen atoms in total. The summed E-state index contributed by atoms with van der Waals surface area (Å²) in [5.41, 5.74) is 10.7. The molecule has 0 fully saturated rings. The van der Waals surface area contributed by atoms with Crippen LogP contribution in [0, 0.1) is 0 Å². The average molecular weight is 196 g/mol. The number of aryl methyl sites for hydroxylation is 1. The van der Waals surface area contributed by atoms with Crippen LogP contribution in [0.4, 0.5) is 5.82 Å². The van der Waals surface area contributed by atoms with E-state index in [0.717, 1.165) is 0 Å². The third-order valence-electron chi connectivity index (χ3n) is 1.72. The van der Waals surface area contributed by atoms with Gasteiger partial charge in [-0.3, -0.25) is 4.79 Å². The van der Waals surface area contributed by atoms with Crippen LogP contribution in [-0.2, 0) is 11.2 Å². The second-order valence-electron chi connectivity index (χ2n) is 2.88. The van der Waals surface area contributed by atoms with Gasteiger partial charge in [-0.2, -0.15) is 0 Å². The smallest absolute Gasteiger partial charge is 0.320 e. The van der Waals surface area contributed by atoms with Crippen molar-refractivity contribution < 1.29 is 9.90 Å². The van der Waals surface area contributed by atoms with E-state index >= 15 is 0 Å². The molecule has 0 aliphatic heterocycles. The van der Waals surface area contributed by atoms with Crippen LogP contribution in [0.1, 0.15) is 12.2 Å². The molecular weight excluding hydrogens is 184 g/mol. The molecule has 1 atom stereocenters. The van der Waals surface area contributed by atoms with Gasteiger partial charge in [-0.1, -0.05) is 0 Å². The number of rotatable bonds is 4. The number of nitrogens with zero attached hydrogens (tertiary/aromatic N) is 2. The molecule has 1 aromatic rings. The Kier molecular flexibility index (Phi) is 3.35. The number of nitrogen functional groups attached to an aromatic ring is 1. The highest BCUT2D eigenvalue weighted by atomic mass is 16.4. The van der Waals surface area contributed by atoms with Gasteiger partial charge in [-0.25, -0.2) is 9.97 Å². The summed E-state index contributed by atoms with van der Waals surface area (Å²) in [6.45, 7) is 0. The first-order chi connectivity index (χ1) is 6.59. The van der Waals surface area contributed by atoms with Gasteiger partial charge in [0.15, 0.2) is 0 Å². The van der Waals surface area contributed by atoms with Crippen LogP contribution in [0.15, 0.2) is 12.3 Å². The zero-order valence-electron chi connectivity index (χ0n) is 7.55. The fourth-order valence-electron chi connectivity index (χ4n) is 0.943. The fraction of sp³-hybridized carbons (Fsp3) is 0.375. The Balaban J connectivity index is 2.49. The summed E-state index contributed by atoms with van der Waals surface area (Å²) in [4.78, 5) is 18.3. The molecule has 6 heteroatoms. The quantitative estimate of drug-likeness (QED) is 0.592. The highest BCUT2D eigenvalue weighted by Gasteiger charge is 2.11. The lowest BCUT2D eigenvalue weighted by atomic mass is 10.1. The number of nitrogens with two attached hydrogens (primary N) is 2. The van der Waals surface area contributed by atoms with E-state index in [9.17, 15) is 4.79 Å². The number of carboxylic acid groups (broad SMARTS) is 1. The molecule has 1 unspecified atom stereocenters. The zero-order valence-corrected chi connectivity index (χ0v) is 7.55. The number of hydrogen-bond donors (Lipinski definition) is 3. The molecule has 0 saturated heterocycles. The first-order valence-electron chi connectivity index (χ1n) is 4.15. The highest BCUT2D eigenvalue weighted by Crippen LogP contribution is 2.01. The Morgan fingerprint density at radius 2 is 2.36 bits per heavy atom. The van der Waals surface area contributed by atoms with E-state index in [-0.39, 0.29) is 0 Å². The summed E-state index contributed by atoms with van der Waals surface area (Å²) in [6, 6.07) is 0.695. The molecule has 76 valence electrons. The van der Waals surface area contributed by atoms with Crippen LogP contribution < -0.4 is 11.5 Å². The molecule has 1 heterocycles. The maximum absolute atomic E-state index is 10.4. The molecule has 0 aliphatic rings. The van der Waals surface area contributed by atoms with E-state index in [4.69, 9.17) is 16.6 Å². The van der Waals surface area contributed by atoms with Gasteiger partial charge in [0.1, 0.15) is 17.7 Å². The highest BCUT2D eigenvalue weighted by molar-refractivity contribution is 5.72. The van der Waals surface area contributed by atoms with Crippen LogP contribution in [0.25, 0.3) is 0 Å². The van der Waals surface area contributed by atoms with Crippen LogP contribution in [0.3, 0.4) is 0 Å². The molecule has 0 spiro atoms. The number of hydrogen-bond acceptors (Lipinski definition) is 5. The molecule has 1 rings (SSSR count). The molecule has 0 radical (unpaired) electrons. The van der Waals surface area contributed by atoms with Crippen molar-refractivity contribution in [2.75, 3.05) is 5.73 Å². The standard InChI is InChI=1S/C8H12N4O2/c9-5(8(13)14)1-2-7-11-4-3-6(10)12-7/h3-5H,1-2,9H2,(H,13,14)(H2,10,11,12). The maximum Gasteiger partial charge on any atom is 0.320 e. The molecule has 0 amide bonds. The van der Waals surface area contributed by atoms with Crippen molar-refractivity contribution in [2.24, 2.45) is 5.73 Å². The Hall–Kier alpha value is -1.69. The first kappa shape index (κ1) is 10.4. The first-order valence-corrected chi connectivity index (χ1v) is 4.15. The maximum atomic E-state index is 10.4. The van der Waals surface area contributed by atoms with Gasteiger partial charge in [-0.15, -0.1) is 0 Å². The summed E-state index contributed by atoms with van der Waals surface area (Å²) in [5.74, 6) is -0.130. The lowest BCUT2D eigenvalue weighted by Gasteiger charge is -2.04. The molecule has 0 aromatic carbocycles. The van der Waals surface area contributed by atoms with Gasteiger partial charge in [0.2, 0.25) is 0 Å². The van der Waals surface area contributed by atoms with Crippen LogP contribution in [-0.4, -0.2) is 27.1 Å². The number of carbonyl (C=O) groups is 1. The summed E-state index contributed by atoms with van der Waals surface area (Å²) in [5, 5.41) is 8.52. The molecule has 0 bridgehead atoms. The van der Waals surface area contributed by atoms with Gasteiger partial charge in [0, 0.05) is 12.6 Å². The summed E-state index contributed by atoms with van der Waals surface area (Å²) < 4.78 is 0. The van der Waals surface area contributed by atoms with Crippen molar-refractivity contribution in [3.63, 3.8) is 0 Å². The van der Waals surface area contributed by atoms with Crippen molar-refractivity contribution in [3.05, 3.63) is 18.1 Å². The number of aliphatic carboxylic acids is 1. The SMILES string of the molecule is Nc1ccnc(CCC(N)C(=O)O)n1. The fourth-order valence-corrected chi connectivity index (χ4v) is 0.943. The van der Waals surface area contributed by atoms with Gasteiger partial charge in [0.25, 0.3) is 0 Å². The minimum absolute atomic E-state index is 0.304. The number of anilines is 1. The van der Waals surface area contributed by atoms with E-state index in [1.54, 1.807) is 6.07 Å². The predicted molar refractivity (Wildman–Crippen MR) is 50.4 cm³/mol. The Labute approximate surface area is 81.0 Å². The van der Waals surface area contributed by atoms with Crippen molar-refractivity contribution >= 4 is 11.8 Å². The van der Waals surface area contributed by atoms with Gasteiger partial charge < -0.3 is 16.6 Å². The second kappa shape index (κ2) is 4.52. The number of aromatic nitrogens is 2. The normalized spacial score (nSPS) is 12.4. The van der Waals surface area contributed by atoms with Crippen molar-refractivity contribution in [1.82, 2.24) is 9.97 Å². The Morgan fingerprint density at radius 3 is 2.93 bits per heavy atom. The minimum atomic E-state index is -1.02. The third-order valence-corrected chi connectivity index (χ3v) is 1.72. The predicted octanol–water partition coefficient (Wildman–Crippen LogP) is -0.597. The summed E-state index contributed by atoms with van der Waals surface area (Å²) >= 11 is 0. The second-order valence-corrected chi connectivity index (χ2v) is 2.88. The van der Waals surface area contributed by atoms with Gasteiger partial charge in [0.05, 0.1) is 0 Å². The van der Waals surface area contributed by atoms with E-state index in [2.05, 4.69) is 9.97 Å². The van der Waals surface area contributed by atoms with E-state index in [1.165, 1.54) is 6.20 Å². The minimum Gasteiger partial charge on any atom is -0.480 e. The zero-order chi connectivity index (χ0) is 10.6. The third kappa shape index (κ3) is 2.98. The number of carboxylic acids is 1. The van der Waals surface area contributed by atoms with Gasteiger partial charge >= 0.3 is 5.97 Å². The summed E-state index contributed by atoms with van der Waals surface area (Å²) in [6.07, 6.45) is 2.25. The van der Waals surface area contributed by atoms with Gasteiger partial charge in [-0.05, 0) is 12.5 Å². The lowest BCUT2D eigenvalue weighted by molar-refractivity contribution is -0.138. The molecule has 1 aromatic heterocycles. The lowest BCUT2D eigenvalue weighted by Crippen LogP contribution is -2.30. The van der Waals surface area contributed by atoms with Crippen molar-refractivity contribution in [1.29, 1.82) is 0 Å². The molecule has 14 heavy (non-hydrogen) atoms. The van der Waals surface area contributed by atoms with E-state index in [1.807, 2.05) is 0 Å². The van der Waals surface area contributed by atoms with E-state index < -0.39 is 12.0 Å².